The highest BCUT2D eigenvalue weighted by atomic mass is 35.5. The normalized spacial score (nSPS) is 11.3. The van der Waals surface area contributed by atoms with E-state index in [0.717, 1.165) is 11.9 Å². The number of halogens is 1. The molecular formula is C18H16ClN3O3S. The number of carbonyl (C=O) groups excluding carboxylic acids is 1. The van der Waals surface area contributed by atoms with Crippen molar-refractivity contribution in [3.05, 3.63) is 71.1 Å². The monoisotopic (exact) mass is 389 g/mol. The lowest BCUT2D eigenvalue weighted by molar-refractivity contribution is 0.102. The quantitative estimate of drug-likeness (QED) is 0.740. The number of anilines is 1. The molecule has 0 radical (unpaired) electrons. The summed E-state index contributed by atoms with van der Waals surface area (Å²) < 4.78 is 25.2. The summed E-state index contributed by atoms with van der Waals surface area (Å²) in [7, 11) is -3.44. The lowest BCUT2D eigenvalue weighted by atomic mass is 10.2. The van der Waals surface area contributed by atoms with Crippen molar-refractivity contribution in [2.75, 3.05) is 11.6 Å². The molecule has 0 aliphatic carbocycles. The molecule has 26 heavy (non-hydrogen) atoms. The molecule has 6 nitrogen and oxygen atoms in total. The van der Waals surface area contributed by atoms with Crippen LogP contribution in [0.2, 0.25) is 5.02 Å². The number of hydrogen-bond acceptors (Lipinski definition) is 4. The number of aromatic nitrogens is 2. The number of rotatable bonds is 4. The predicted octanol–water partition coefficient (Wildman–Crippen LogP) is 3.49. The molecule has 0 unspecified atom stereocenters. The molecule has 3 rings (SSSR count). The molecule has 0 spiro atoms. The van der Waals surface area contributed by atoms with Gasteiger partial charge in [0.1, 0.15) is 5.82 Å². The fourth-order valence-electron chi connectivity index (χ4n) is 2.49. The Morgan fingerprint density at radius 3 is 2.62 bits per heavy atom. The van der Waals surface area contributed by atoms with E-state index in [1.807, 2.05) is 25.1 Å². The summed E-state index contributed by atoms with van der Waals surface area (Å²) in [5.74, 6) is 0.329. The van der Waals surface area contributed by atoms with E-state index in [0.29, 0.717) is 17.1 Å². The zero-order chi connectivity index (χ0) is 18.9. The van der Waals surface area contributed by atoms with Gasteiger partial charge in [0.05, 0.1) is 10.5 Å². The van der Waals surface area contributed by atoms with Crippen LogP contribution < -0.4 is 5.32 Å². The van der Waals surface area contributed by atoms with Crippen molar-refractivity contribution < 1.29 is 13.2 Å². The number of sulfone groups is 1. The van der Waals surface area contributed by atoms with Crippen LogP contribution in [0.25, 0.3) is 5.82 Å². The van der Waals surface area contributed by atoms with Gasteiger partial charge in [0, 0.05) is 35.1 Å². The smallest absolute Gasteiger partial charge is 0.257 e. The summed E-state index contributed by atoms with van der Waals surface area (Å²) in [6, 6.07) is 11.5. The minimum Gasteiger partial charge on any atom is -0.322 e. The maximum absolute atomic E-state index is 12.5. The van der Waals surface area contributed by atoms with Gasteiger partial charge in [-0.3, -0.25) is 4.79 Å². The second-order valence-electron chi connectivity index (χ2n) is 5.83. The Kier molecular flexibility index (Phi) is 4.84. The molecule has 1 N–H and O–H groups in total. The van der Waals surface area contributed by atoms with Gasteiger partial charge in [-0.25, -0.2) is 13.4 Å². The molecule has 1 aromatic carbocycles. The van der Waals surface area contributed by atoms with Crippen LogP contribution in [0.1, 0.15) is 16.1 Å². The van der Waals surface area contributed by atoms with E-state index >= 15 is 0 Å². The predicted molar refractivity (Wildman–Crippen MR) is 101 cm³/mol. The van der Waals surface area contributed by atoms with Crippen LogP contribution in [-0.4, -0.2) is 30.1 Å². The summed E-state index contributed by atoms with van der Waals surface area (Å²) in [5.41, 5.74) is 1.58. The minimum absolute atomic E-state index is 0.0440. The lowest BCUT2D eigenvalue weighted by Gasteiger charge is -2.07. The number of nitrogens with one attached hydrogen (secondary N) is 1. The van der Waals surface area contributed by atoms with Gasteiger partial charge in [-0.1, -0.05) is 17.7 Å². The average molecular weight is 390 g/mol. The van der Waals surface area contributed by atoms with E-state index in [9.17, 15) is 13.2 Å². The first-order valence-electron chi connectivity index (χ1n) is 7.66. The van der Waals surface area contributed by atoms with Gasteiger partial charge in [-0.05, 0) is 43.3 Å². The standard InChI is InChI=1S/C18H16ClN3O3S/c1-12-7-13(11-22(12)17-5-3-4-6-20-17)18(23)21-15-8-14(19)9-16(10-15)26(2,24)25/h3-11H,1-2H3,(H,21,23). The fraction of sp³-hybridized carbons (Fsp3) is 0.111. The summed E-state index contributed by atoms with van der Waals surface area (Å²) in [6.45, 7) is 1.87. The van der Waals surface area contributed by atoms with E-state index in [1.165, 1.54) is 18.2 Å². The number of aryl methyl sites for hydroxylation is 1. The molecule has 0 saturated heterocycles. The summed E-state index contributed by atoms with van der Waals surface area (Å²) in [5, 5.41) is 2.91. The second-order valence-corrected chi connectivity index (χ2v) is 8.28. The Morgan fingerprint density at radius 2 is 1.96 bits per heavy atom. The van der Waals surface area contributed by atoms with Gasteiger partial charge < -0.3 is 9.88 Å². The zero-order valence-electron chi connectivity index (χ0n) is 14.1. The highest BCUT2D eigenvalue weighted by Gasteiger charge is 2.14. The van der Waals surface area contributed by atoms with E-state index in [4.69, 9.17) is 11.6 Å². The molecule has 2 heterocycles. The number of nitrogens with zero attached hydrogens (tertiary/aromatic N) is 2. The molecule has 0 fully saturated rings. The Balaban J connectivity index is 1.89. The summed E-state index contributed by atoms with van der Waals surface area (Å²) in [4.78, 5) is 16.9. The van der Waals surface area contributed by atoms with Gasteiger partial charge in [0.2, 0.25) is 0 Å². The molecule has 2 aromatic heterocycles. The maximum Gasteiger partial charge on any atom is 0.257 e. The van der Waals surface area contributed by atoms with Crippen molar-refractivity contribution in [1.29, 1.82) is 0 Å². The van der Waals surface area contributed by atoms with Crippen LogP contribution in [0.4, 0.5) is 5.69 Å². The molecule has 3 aromatic rings. The first-order chi connectivity index (χ1) is 12.2. The van der Waals surface area contributed by atoms with Gasteiger partial charge in [-0.2, -0.15) is 0 Å². The summed E-state index contributed by atoms with van der Waals surface area (Å²) >= 11 is 5.97. The van der Waals surface area contributed by atoms with Crippen LogP contribution in [0.3, 0.4) is 0 Å². The van der Waals surface area contributed by atoms with Crippen LogP contribution in [0.15, 0.2) is 59.8 Å². The second kappa shape index (κ2) is 6.93. The first kappa shape index (κ1) is 18.2. The highest BCUT2D eigenvalue weighted by molar-refractivity contribution is 7.90. The van der Waals surface area contributed by atoms with Gasteiger partial charge in [0.15, 0.2) is 9.84 Å². The van der Waals surface area contributed by atoms with Crippen molar-refractivity contribution in [3.63, 3.8) is 0 Å². The van der Waals surface area contributed by atoms with Crippen molar-refractivity contribution >= 4 is 33.0 Å². The molecule has 0 aliphatic rings. The Bertz CT molecular complexity index is 1080. The Labute approximate surface area is 156 Å². The fourth-order valence-corrected chi connectivity index (χ4v) is 3.47. The third-order valence-corrected chi connectivity index (χ3v) is 5.04. The van der Waals surface area contributed by atoms with Crippen molar-refractivity contribution in [2.24, 2.45) is 0 Å². The topological polar surface area (TPSA) is 81.1 Å². The van der Waals surface area contributed by atoms with E-state index < -0.39 is 9.84 Å². The lowest BCUT2D eigenvalue weighted by Crippen LogP contribution is -2.12. The van der Waals surface area contributed by atoms with Crippen LogP contribution in [-0.2, 0) is 9.84 Å². The molecule has 0 saturated carbocycles. The third-order valence-electron chi connectivity index (χ3n) is 3.73. The SMILES string of the molecule is Cc1cc(C(=O)Nc2cc(Cl)cc(S(C)(=O)=O)c2)cn1-c1ccccn1. The molecule has 134 valence electrons. The minimum atomic E-state index is -3.44. The average Bonchev–Trinajstić information content (AvgIpc) is 2.96. The number of benzene rings is 1. The number of carbonyl (C=O) groups is 1. The zero-order valence-corrected chi connectivity index (χ0v) is 15.7. The van der Waals surface area contributed by atoms with E-state index in [2.05, 4.69) is 10.3 Å². The number of amides is 1. The number of hydrogen-bond donors (Lipinski definition) is 1. The Hall–Kier alpha value is -2.64. The van der Waals surface area contributed by atoms with Crippen LogP contribution in [0.5, 0.6) is 0 Å². The maximum atomic E-state index is 12.5. The van der Waals surface area contributed by atoms with Gasteiger partial charge >= 0.3 is 0 Å². The van der Waals surface area contributed by atoms with Crippen LogP contribution in [0, 0.1) is 6.92 Å². The van der Waals surface area contributed by atoms with Crippen molar-refractivity contribution in [1.82, 2.24) is 9.55 Å². The number of pyridine rings is 1. The van der Waals surface area contributed by atoms with Crippen molar-refractivity contribution in [3.8, 4) is 5.82 Å². The van der Waals surface area contributed by atoms with Gasteiger partial charge in [-0.15, -0.1) is 0 Å². The molecule has 8 heteroatoms. The largest absolute Gasteiger partial charge is 0.322 e. The molecule has 0 atom stereocenters. The molecule has 1 amide bonds. The van der Waals surface area contributed by atoms with Gasteiger partial charge in [0.25, 0.3) is 5.91 Å². The molecular weight excluding hydrogens is 374 g/mol. The first-order valence-corrected chi connectivity index (χ1v) is 9.93. The summed E-state index contributed by atoms with van der Waals surface area (Å²) in [6.07, 6.45) is 4.43. The van der Waals surface area contributed by atoms with Crippen LogP contribution >= 0.6 is 11.6 Å². The molecule has 0 bridgehead atoms. The molecule has 0 aliphatic heterocycles. The Morgan fingerprint density at radius 1 is 1.19 bits per heavy atom. The van der Waals surface area contributed by atoms with Crippen molar-refractivity contribution in [2.45, 2.75) is 11.8 Å². The van der Waals surface area contributed by atoms with E-state index in [1.54, 1.807) is 23.0 Å². The third kappa shape index (κ3) is 3.95. The highest BCUT2D eigenvalue weighted by Crippen LogP contribution is 2.23. The van der Waals surface area contributed by atoms with E-state index in [-0.39, 0.29) is 15.8 Å².